The molecule has 1 aliphatic heterocycles. The van der Waals surface area contributed by atoms with E-state index in [0.29, 0.717) is 44.5 Å². The van der Waals surface area contributed by atoms with Crippen LogP contribution in [0.1, 0.15) is 49.1 Å². The molecule has 1 heterocycles. The number of hydrogen-bond donors (Lipinski definition) is 0. The molecule has 29 heavy (non-hydrogen) atoms. The second kappa shape index (κ2) is 9.40. The van der Waals surface area contributed by atoms with Crippen LogP contribution in [0.25, 0.3) is 0 Å². The molecule has 2 fully saturated rings. The fourth-order valence-electron chi connectivity index (χ4n) is 4.33. The van der Waals surface area contributed by atoms with Gasteiger partial charge in [0.1, 0.15) is 5.82 Å². The smallest absolute Gasteiger partial charge is 0.324 e. The maximum atomic E-state index is 13.4. The maximum Gasteiger partial charge on any atom is 0.324 e. The summed E-state index contributed by atoms with van der Waals surface area (Å²) in [6.07, 6.45) is 6.54. The van der Waals surface area contributed by atoms with Crippen molar-refractivity contribution in [3.05, 3.63) is 65.5 Å². The number of ether oxygens (including phenoxy) is 1. The van der Waals surface area contributed by atoms with Crippen molar-refractivity contribution in [2.45, 2.75) is 44.6 Å². The number of urea groups is 1. The number of rotatable bonds is 4. The van der Waals surface area contributed by atoms with Crippen LogP contribution in [0.5, 0.6) is 0 Å². The Labute approximate surface area is 172 Å². The molecule has 0 N–H and O–H groups in total. The first kappa shape index (κ1) is 19.9. The highest BCUT2D eigenvalue weighted by atomic mass is 19.1. The lowest BCUT2D eigenvalue weighted by Gasteiger charge is -2.33. The quantitative estimate of drug-likeness (QED) is 0.700. The standard InChI is InChI=1S/C24H29FN2O2/c25-22-10-12-23(13-11-22)27(24(28)26-14-16-29-17-15-26)18-19-6-8-21(9-7-19)20-4-2-1-3-5-20/h6-13,20H,1-5,14-18H2. The minimum absolute atomic E-state index is 0.0590. The first-order valence-corrected chi connectivity index (χ1v) is 10.7. The minimum Gasteiger partial charge on any atom is -0.378 e. The molecule has 0 bridgehead atoms. The highest BCUT2D eigenvalue weighted by molar-refractivity contribution is 5.92. The number of morpholine rings is 1. The van der Waals surface area contributed by atoms with Gasteiger partial charge in [0.15, 0.2) is 0 Å². The highest BCUT2D eigenvalue weighted by Crippen LogP contribution is 2.32. The molecule has 2 amide bonds. The summed E-state index contributed by atoms with van der Waals surface area (Å²) in [6.45, 7) is 2.74. The fourth-order valence-corrected chi connectivity index (χ4v) is 4.33. The molecule has 2 aromatic rings. The van der Waals surface area contributed by atoms with Crippen LogP contribution in [-0.2, 0) is 11.3 Å². The van der Waals surface area contributed by atoms with E-state index >= 15 is 0 Å². The molecule has 1 saturated carbocycles. The minimum atomic E-state index is -0.302. The molecule has 0 aromatic heterocycles. The second-order valence-corrected chi connectivity index (χ2v) is 8.02. The van der Waals surface area contributed by atoms with Crippen LogP contribution < -0.4 is 4.90 Å². The van der Waals surface area contributed by atoms with Crippen molar-refractivity contribution in [3.63, 3.8) is 0 Å². The number of carbonyl (C=O) groups is 1. The molecule has 0 spiro atoms. The summed E-state index contributed by atoms with van der Waals surface area (Å²) < 4.78 is 18.8. The third-order valence-electron chi connectivity index (χ3n) is 6.05. The average Bonchev–Trinajstić information content (AvgIpc) is 2.79. The summed E-state index contributed by atoms with van der Waals surface area (Å²) in [7, 11) is 0. The largest absolute Gasteiger partial charge is 0.378 e. The van der Waals surface area contributed by atoms with Crippen molar-refractivity contribution in [1.82, 2.24) is 4.90 Å². The van der Waals surface area contributed by atoms with E-state index in [-0.39, 0.29) is 11.8 Å². The lowest BCUT2D eigenvalue weighted by Crippen LogP contribution is -2.48. The number of benzene rings is 2. The van der Waals surface area contributed by atoms with Gasteiger partial charge in [-0.05, 0) is 54.2 Å². The zero-order chi connectivity index (χ0) is 20.1. The van der Waals surface area contributed by atoms with Gasteiger partial charge in [-0.1, -0.05) is 43.5 Å². The molecular formula is C24H29FN2O2. The lowest BCUT2D eigenvalue weighted by molar-refractivity contribution is 0.0548. The third-order valence-corrected chi connectivity index (χ3v) is 6.05. The molecule has 1 saturated heterocycles. The van der Waals surface area contributed by atoms with Crippen LogP contribution in [-0.4, -0.2) is 37.2 Å². The van der Waals surface area contributed by atoms with Crippen LogP contribution in [0.4, 0.5) is 14.9 Å². The van der Waals surface area contributed by atoms with E-state index < -0.39 is 0 Å². The Balaban J connectivity index is 1.52. The summed E-state index contributed by atoms with van der Waals surface area (Å²) in [6, 6.07) is 14.8. The maximum absolute atomic E-state index is 13.4. The third kappa shape index (κ3) is 4.96. The lowest BCUT2D eigenvalue weighted by atomic mass is 9.84. The number of amides is 2. The van der Waals surface area contributed by atoms with Crippen LogP contribution in [0.15, 0.2) is 48.5 Å². The molecule has 2 aromatic carbocycles. The Morgan fingerprint density at radius 2 is 1.62 bits per heavy atom. The summed E-state index contributed by atoms with van der Waals surface area (Å²) in [5, 5.41) is 0. The molecule has 5 heteroatoms. The van der Waals surface area contributed by atoms with E-state index in [1.807, 2.05) is 4.90 Å². The molecule has 0 atom stereocenters. The molecule has 154 valence electrons. The predicted molar refractivity (Wildman–Crippen MR) is 113 cm³/mol. The highest BCUT2D eigenvalue weighted by Gasteiger charge is 2.24. The Kier molecular flexibility index (Phi) is 6.45. The Hall–Kier alpha value is -2.40. The van der Waals surface area contributed by atoms with Crippen LogP contribution in [0.2, 0.25) is 0 Å². The van der Waals surface area contributed by atoms with Crippen molar-refractivity contribution in [2.75, 3.05) is 31.2 Å². The van der Waals surface area contributed by atoms with Crippen LogP contribution in [0.3, 0.4) is 0 Å². The second-order valence-electron chi connectivity index (χ2n) is 8.02. The zero-order valence-electron chi connectivity index (χ0n) is 16.9. The normalized spacial score (nSPS) is 17.9. The van der Waals surface area contributed by atoms with Crippen molar-refractivity contribution < 1.29 is 13.9 Å². The Morgan fingerprint density at radius 3 is 2.28 bits per heavy atom. The Bertz CT molecular complexity index is 795. The fraction of sp³-hybridized carbons (Fsp3) is 0.458. The average molecular weight is 397 g/mol. The molecule has 2 aliphatic rings. The number of halogens is 1. The van der Waals surface area contributed by atoms with E-state index in [9.17, 15) is 9.18 Å². The summed E-state index contributed by atoms with van der Waals surface area (Å²) in [5.74, 6) is 0.366. The number of anilines is 1. The van der Waals surface area contributed by atoms with Gasteiger partial charge in [0, 0.05) is 18.8 Å². The number of hydrogen-bond acceptors (Lipinski definition) is 2. The van der Waals surface area contributed by atoms with Gasteiger partial charge < -0.3 is 9.64 Å². The van der Waals surface area contributed by atoms with Crippen molar-refractivity contribution in [2.24, 2.45) is 0 Å². The van der Waals surface area contributed by atoms with Crippen LogP contribution >= 0.6 is 0 Å². The van der Waals surface area contributed by atoms with E-state index in [1.54, 1.807) is 17.0 Å². The summed E-state index contributed by atoms with van der Waals surface area (Å²) >= 11 is 0. The van der Waals surface area contributed by atoms with E-state index in [4.69, 9.17) is 4.74 Å². The topological polar surface area (TPSA) is 32.8 Å². The van der Waals surface area contributed by atoms with E-state index in [1.165, 1.54) is 49.8 Å². The molecule has 4 nitrogen and oxygen atoms in total. The number of nitrogens with zero attached hydrogens (tertiary/aromatic N) is 2. The van der Waals surface area contributed by atoms with Gasteiger partial charge >= 0.3 is 6.03 Å². The molecule has 4 rings (SSSR count). The van der Waals surface area contributed by atoms with Crippen molar-refractivity contribution >= 4 is 11.7 Å². The van der Waals surface area contributed by atoms with Gasteiger partial charge in [-0.25, -0.2) is 9.18 Å². The molecular weight excluding hydrogens is 367 g/mol. The summed E-state index contributed by atoms with van der Waals surface area (Å²) in [5.41, 5.74) is 3.19. The van der Waals surface area contributed by atoms with Crippen LogP contribution in [0, 0.1) is 5.82 Å². The first-order valence-electron chi connectivity index (χ1n) is 10.7. The molecule has 0 radical (unpaired) electrons. The number of carbonyl (C=O) groups excluding carboxylic acids is 1. The summed E-state index contributed by atoms with van der Waals surface area (Å²) in [4.78, 5) is 16.8. The van der Waals surface area contributed by atoms with Gasteiger partial charge in [0.25, 0.3) is 0 Å². The van der Waals surface area contributed by atoms with E-state index in [0.717, 1.165) is 5.56 Å². The Morgan fingerprint density at radius 1 is 0.966 bits per heavy atom. The van der Waals surface area contributed by atoms with Gasteiger partial charge in [-0.15, -0.1) is 0 Å². The van der Waals surface area contributed by atoms with Gasteiger partial charge in [-0.2, -0.15) is 0 Å². The van der Waals surface area contributed by atoms with E-state index in [2.05, 4.69) is 24.3 Å². The van der Waals surface area contributed by atoms with Crippen molar-refractivity contribution in [1.29, 1.82) is 0 Å². The zero-order valence-corrected chi connectivity index (χ0v) is 16.9. The van der Waals surface area contributed by atoms with Gasteiger partial charge in [0.05, 0.1) is 19.8 Å². The predicted octanol–water partition coefficient (Wildman–Crippen LogP) is 5.33. The monoisotopic (exact) mass is 396 g/mol. The molecule has 0 unspecified atom stereocenters. The van der Waals surface area contributed by atoms with Gasteiger partial charge in [0.2, 0.25) is 0 Å². The van der Waals surface area contributed by atoms with Gasteiger partial charge in [-0.3, -0.25) is 4.90 Å². The first-order chi connectivity index (χ1) is 14.2. The SMILES string of the molecule is O=C(N1CCOCC1)N(Cc1ccc(C2CCCCC2)cc1)c1ccc(F)cc1. The van der Waals surface area contributed by atoms with Crippen molar-refractivity contribution in [3.8, 4) is 0 Å². The molecule has 1 aliphatic carbocycles.